The van der Waals surface area contributed by atoms with Gasteiger partial charge in [-0.25, -0.2) is 4.98 Å². The van der Waals surface area contributed by atoms with E-state index in [0.717, 1.165) is 44.8 Å². The number of hydrogen-bond donors (Lipinski definition) is 3. The molecule has 3 aliphatic rings. The Bertz CT molecular complexity index is 699. The summed E-state index contributed by atoms with van der Waals surface area (Å²) in [4.78, 5) is 22.3. The minimum absolute atomic E-state index is 0.0580. The van der Waals surface area contributed by atoms with E-state index in [1.807, 2.05) is 26.4 Å². The summed E-state index contributed by atoms with van der Waals surface area (Å²) in [6.45, 7) is 3.82. The lowest BCUT2D eigenvalue weighted by atomic mass is 9.82. The van der Waals surface area contributed by atoms with Crippen LogP contribution in [0.15, 0.2) is 18.3 Å². The first-order valence-electron chi connectivity index (χ1n) is 11.8. The van der Waals surface area contributed by atoms with Gasteiger partial charge in [-0.3, -0.25) is 20.5 Å². The number of likely N-dealkylation sites (tertiary alicyclic amines) is 1. The Hall–Kier alpha value is -1.70. The van der Waals surface area contributed by atoms with E-state index >= 15 is 0 Å². The summed E-state index contributed by atoms with van der Waals surface area (Å²) in [5, 5.41) is 3.20. The van der Waals surface area contributed by atoms with Gasteiger partial charge < -0.3 is 10.2 Å². The zero-order valence-corrected chi connectivity index (χ0v) is 18.6. The second-order valence-electron chi connectivity index (χ2n) is 9.27. The number of aromatic nitrogens is 1. The number of anilines is 1. The highest BCUT2D eigenvalue weighted by atomic mass is 16.2. The molecule has 3 heterocycles. The fourth-order valence-corrected chi connectivity index (χ4v) is 5.61. The van der Waals surface area contributed by atoms with Crippen LogP contribution >= 0.6 is 0 Å². The van der Waals surface area contributed by atoms with Crippen LogP contribution in [0.3, 0.4) is 0 Å². The van der Waals surface area contributed by atoms with Crippen molar-refractivity contribution in [2.75, 3.05) is 39.0 Å². The molecule has 1 aromatic heterocycles. The van der Waals surface area contributed by atoms with Gasteiger partial charge in [-0.2, -0.15) is 0 Å². The van der Waals surface area contributed by atoms with Crippen molar-refractivity contribution in [1.29, 1.82) is 0 Å². The van der Waals surface area contributed by atoms with Crippen molar-refractivity contribution in [3.8, 4) is 0 Å². The van der Waals surface area contributed by atoms with Gasteiger partial charge in [0.05, 0.1) is 5.92 Å². The van der Waals surface area contributed by atoms with Crippen molar-refractivity contribution in [1.82, 2.24) is 25.6 Å². The zero-order valence-electron chi connectivity index (χ0n) is 18.6. The number of amides is 1. The SMILES string of the molecule is CNc1ncccc1CN1CCC(C2NNCC2C(=O)N(C)C2CCCCC2)CC1. The average molecular weight is 415 g/mol. The van der Waals surface area contributed by atoms with E-state index in [1.165, 1.54) is 37.7 Å². The largest absolute Gasteiger partial charge is 0.373 e. The van der Waals surface area contributed by atoms with Gasteiger partial charge in [0.15, 0.2) is 0 Å². The molecule has 1 saturated carbocycles. The lowest BCUT2D eigenvalue weighted by molar-refractivity contribution is -0.137. The van der Waals surface area contributed by atoms with Crippen LogP contribution in [0.4, 0.5) is 5.82 Å². The Morgan fingerprint density at radius 3 is 2.73 bits per heavy atom. The molecular weight excluding hydrogens is 376 g/mol. The van der Waals surface area contributed by atoms with Crippen molar-refractivity contribution < 1.29 is 4.79 Å². The number of piperidine rings is 1. The van der Waals surface area contributed by atoms with Crippen LogP contribution in [0.25, 0.3) is 0 Å². The number of rotatable bonds is 6. The van der Waals surface area contributed by atoms with E-state index in [2.05, 4.69) is 37.0 Å². The molecule has 0 aromatic carbocycles. The predicted molar refractivity (Wildman–Crippen MR) is 120 cm³/mol. The van der Waals surface area contributed by atoms with Gasteiger partial charge in [0.25, 0.3) is 0 Å². The number of hydrogen-bond acceptors (Lipinski definition) is 6. The lowest BCUT2D eigenvalue weighted by Crippen LogP contribution is -2.49. The van der Waals surface area contributed by atoms with E-state index in [1.54, 1.807) is 0 Å². The van der Waals surface area contributed by atoms with Crippen LogP contribution in [0.5, 0.6) is 0 Å². The van der Waals surface area contributed by atoms with Gasteiger partial charge in [-0.1, -0.05) is 25.3 Å². The summed E-state index contributed by atoms with van der Waals surface area (Å²) in [7, 11) is 3.96. The van der Waals surface area contributed by atoms with Crippen LogP contribution in [0.2, 0.25) is 0 Å². The van der Waals surface area contributed by atoms with E-state index in [9.17, 15) is 4.79 Å². The van der Waals surface area contributed by atoms with Crippen molar-refractivity contribution in [2.24, 2.45) is 11.8 Å². The fraction of sp³-hybridized carbons (Fsp3) is 0.739. The average Bonchev–Trinajstić information content (AvgIpc) is 3.29. The van der Waals surface area contributed by atoms with Gasteiger partial charge in [0, 0.05) is 51.0 Å². The molecule has 4 rings (SSSR count). The molecule has 2 aliphatic heterocycles. The normalized spacial score (nSPS) is 26.6. The molecule has 0 bridgehead atoms. The first kappa shape index (κ1) is 21.5. The minimum Gasteiger partial charge on any atom is -0.373 e. The summed E-state index contributed by atoms with van der Waals surface area (Å²) >= 11 is 0. The van der Waals surface area contributed by atoms with Gasteiger partial charge >= 0.3 is 0 Å². The van der Waals surface area contributed by atoms with Crippen LogP contribution in [-0.4, -0.2) is 66.5 Å². The van der Waals surface area contributed by atoms with Gasteiger partial charge in [-0.15, -0.1) is 0 Å². The molecule has 2 atom stereocenters. The first-order chi connectivity index (χ1) is 14.7. The van der Waals surface area contributed by atoms with Gasteiger partial charge in [0.1, 0.15) is 5.82 Å². The van der Waals surface area contributed by atoms with Crippen molar-refractivity contribution >= 4 is 11.7 Å². The third-order valence-electron chi connectivity index (χ3n) is 7.47. The Labute approximate surface area is 181 Å². The third-order valence-corrected chi connectivity index (χ3v) is 7.47. The number of hydrazine groups is 1. The van der Waals surface area contributed by atoms with Crippen LogP contribution in [-0.2, 0) is 11.3 Å². The van der Waals surface area contributed by atoms with Crippen LogP contribution < -0.4 is 16.2 Å². The number of pyridine rings is 1. The molecule has 30 heavy (non-hydrogen) atoms. The summed E-state index contributed by atoms with van der Waals surface area (Å²) in [6.07, 6.45) is 10.3. The quantitative estimate of drug-likeness (QED) is 0.663. The minimum atomic E-state index is 0.0580. The maximum atomic E-state index is 13.3. The summed E-state index contributed by atoms with van der Waals surface area (Å²) < 4.78 is 0. The van der Waals surface area contributed by atoms with Crippen LogP contribution in [0, 0.1) is 11.8 Å². The highest BCUT2D eigenvalue weighted by Crippen LogP contribution is 2.30. The Kier molecular flexibility index (Phi) is 7.23. The van der Waals surface area contributed by atoms with E-state index in [-0.39, 0.29) is 12.0 Å². The summed E-state index contributed by atoms with van der Waals surface area (Å²) in [5.41, 5.74) is 8.01. The van der Waals surface area contributed by atoms with E-state index in [4.69, 9.17) is 0 Å². The predicted octanol–water partition coefficient (Wildman–Crippen LogP) is 2.22. The lowest BCUT2D eigenvalue weighted by Gasteiger charge is -2.38. The van der Waals surface area contributed by atoms with E-state index in [0.29, 0.717) is 17.9 Å². The third kappa shape index (κ3) is 4.79. The molecule has 0 spiro atoms. The molecule has 3 N–H and O–H groups in total. The Balaban J connectivity index is 1.31. The molecule has 7 heteroatoms. The first-order valence-corrected chi connectivity index (χ1v) is 11.8. The van der Waals surface area contributed by atoms with Crippen molar-refractivity contribution in [3.63, 3.8) is 0 Å². The molecule has 1 aromatic rings. The Morgan fingerprint density at radius 2 is 2.00 bits per heavy atom. The molecule has 2 saturated heterocycles. The number of nitrogens with zero attached hydrogens (tertiary/aromatic N) is 3. The fourth-order valence-electron chi connectivity index (χ4n) is 5.61. The van der Waals surface area contributed by atoms with Crippen molar-refractivity contribution in [2.45, 2.75) is 63.6 Å². The van der Waals surface area contributed by atoms with Crippen LogP contribution in [0.1, 0.15) is 50.5 Å². The monoisotopic (exact) mass is 414 g/mol. The molecule has 1 amide bonds. The smallest absolute Gasteiger partial charge is 0.228 e. The molecule has 166 valence electrons. The standard InChI is InChI=1S/C23H38N6O/c1-24-22-18(7-6-12-25-22)16-29-13-10-17(11-14-29)21-20(15-26-27-21)23(30)28(2)19-8-4-3-5-9-19/h6-7,12,17,19-21,26-27H,3-5,8-11,13-16H2,1-2H3,(H,24,25). The number of nitrogens with one attached hydrogen (secondary N) is 3. The van der Waals surface area contributed by atoms with Crippen molar-refractivity contribution in [3.05, 3.63) is 23.9 Å². The molecule has 0 radical (unpaired) electrons. The van der Waals surface area contributed by atoms with Gasteiger partial charge in [-0.05, 0) is 50.8 Å². The maximum absolute atomic E-state index is 13.3. The van der Waals surface area contributed by atoms with Gasteiger partial charge in [0.2, 0.25) is 5.91 Å². The summed E-state index contributed by atoms with van der Waals surface area (Å²) in [5.74, 6) is 1.91. The highest BCUT2D eigenvalue weighted by Gasteiger charge is 2.41. The molecule has 2 unspecified atom stereocenters. The molecule has 1 aliphatic carbocycles. The Morgan fingerprint density at radius 1 is 1.23 bits per heavy atom. The molecular formula is C23H38N6O. The maximum Gasteiger partial charge on any atom is 0.228 e. The second kappa shape index (κ2) is 10.1. The zero-order chi connectivity index (χ0) is 20.9. The number of carbonyl (C=O) groups is 1. The summed E-state index contributed by atoms with van der Waals surface area (Å²) in [6, 6.07) is 4.85. The second-order valence-corrected chi connectivity index (χ2v) is 9.27. The van der Waals surface area contributed by atoms with E-state index < -0.39 is 0 Å². The topological polar surface area (TPSA) is 72.5 Å². The molecule has 3 fully saturated rings. The highest BCUT2D eigenvalue weighted by molar-refractivity contribution is 5.80. The molecule has 7 nitrogen and oxygen atoms in total. The number of carbonyl (C=O) groups excluding carboxylic acids is 1.